The molecule has 0 bridgehead atoms. The second-order valence-corrected chi connectivity index (χ2v) is 10.1. The summed E-state index contributed by atoms with van der Waals surface area (Å²) >= 11 is 0. The first-order valence-electron chi connectivity index (χ1n) is 13.2. The lowest BCUT2D eigenvalue weighted by Gasteiger charge is -2.35. The average Bonchev–Trinajstić information content (AvgIpc) is 3.49. The van der Waals surface area contributed by atoms with Crippen molar-refractivity contribution in [2.75, 3.05) is 9.80 Å². The van der Waals surface area contributed by atoms with E-state index in [-0.39, 0.29) is 18.2 Å². The number of benzene rings is 4. The predicted octanol–water partition coefficient (Wildman–Crippen LogP) is 8.44. The van der Waals surface area contributed by atoms with E-state index in [2.05, 4.69) is 138 Å². The van der Waals surface area contributed by atoms with Crippen LogP contribution in [0.5, 0.6) is 0 Å². The van der Waals surface area contributed by atoms with E-state index < -0.39 is 0 Å². The van der Waals surface area contributed by atoms with Crippen LogP contribution in [0, 0.1) is 6.92 Å². The van der Waals surface area contributed by atoms with Crippen LogP contribution in [0.4, 0.5) is 11.4 Å². The minimum Gasteiger partial charge on any atom is -0.436 e. The number of fused-ring (bicyclic) bond motifs is 3. The number of anilines is 2. The van der Waals surface area contributed by atoms with Gasteiger partial charge >= 0.3 is 0 Å². The fourth-order valence-electron chi connectivity index (χ4n) is 6.24. The zero-order valence-electron chi connectivity index (χ0n) is 21.5. The molecule has 1 saturated heterocycles. The Morgan fingerprint density at radius 3 is 2.03 bits per heavy atom. The molecule has 186 valence electrons. The summed E-state index contributed by atoms with van der Waals surface area (Å²) in [4.78, 5) is 9.69. The van der Waals surface area contributed by atoms with Gasteiger partial charge in [-0.1, -0.05) is 91.0 Å². The summed E-state index contributed by atoms with van der Waals surface area (Å²) < 4.78 is 6.52. The number of rotatable bonds is 4. The third-order valence-electron chi connectivity index (χ3n) is 7.87. The van der Waals surface area contributed by atoms with E-state index in [1.54, 1.807) is 6.20 Å². The van der Waals surface area contributed by atoms with Crippen molar-refractivity contribution in [2.24, 2.45) is 0 Å². The molecule has 0 saturated carbocycles. The minimum atomic E-state index is -0.0377. The van der Waals surface area contributed by atoms with E-state index in [0.29, 0.717) is 5.71 Å². The van der Waals surface area contributed by atoms with Crippen LogP contribution in [0.15, 0.2) is 126 Å². The zero-order valence-corrected chi connectivity index (χ0v) is 21.5. The first-order valence-corrected chi connectivity index (χ1v) is 13.2. The Balaban J connectivity index is 1.53. The highest BCUT2D eigenvalue weighted by molar-refractivity contribution is 6.08. The van der Waals surface area contributed by atoms with Gasteiger partial charge in [0.05, 0.1) is 17.8 Å². The van der Waals surface area contributed by atoms with Crippen molar-refractivity contribution in [1.82, 2.24) is 4.98 Å². The lowest BCUT2D eigenvalue weighted by Crippen LogP contribution is -2.33. The predicted molar refractivity (Wildman–Crippen MR) is 155 cm³/mol. The van der Waals surface area contributed by atoms with Crippen LogP contribution in [0.25, 0.3) is 22.1 Å². The van der Waals surface area contributed by atoms with Crippen molar-refractivity contribution >= 4 is 33.4 Å². The molecule has 2 aromatic heterocycles. The number of hydrogen-bond donors (Lipinski definition) is 0. The number of nitrogens with zero attached hydrogens (tertiary/aromatic N) is 3. The Labute approximate surface area is 222 Å². The zero-order chi connectivity index (χ0) is 25.6. The lowest BCUT2D eigenvalue weighted by molar-refractivity contribution is 0.622. The van der Waals surface area contributed by atoms with Crippen LogP contribution in [-0.4, -0.2) is 11.0 Å². The van der Waals surface area contributed by atoms with Crippen molar-refractivity contribution in [3.8, 4) is 0 Å². The molecule has 4 heteroatoms. The average molecular weight is 496 g/mol. The number of aromatic nitrogens is 1. The Bertz CT molecular complexity index is 1710. The highest BCUT2D eigenvalue weighted by atomic mass is 16.3. The van der Waals surface area contributed by atoms with Gasteiger partial charge in [0.2, 0.25) is 5.71 Å². The Kier molecular flexibility index (Phi) is 5.40. The van der Waals surface area contributed by atoms with Crippen LogP contribution in [0.1, 0.15) is 35.8 Å². The molecule has 0 spiro atoms. The molecule has 1 fully saturated rings. The largest absolute Gasteiger partial charge is 0.436 e. The molecular weight excluding hydrogens is 466 g/mol. The summed E-state index contributed by atoms with van der Waals surface area (Å²) in [7, 11) is 0. The topological polar surface area (TPSA) is 32.5 Å². The van der Waals surface area contributed by atoms with Gasteiger partial charge in [0.15, 0.2) is 5.58 Å². The lowest BCUT2D eigenvalue weighted by atomic mass is 9.99. The van der Waals surface area contributed by atoms with Crippen LogP contribution >= 0.6 is 0 Å². The molecule has 4 aromatic carbocycles. The summed E-state index contributed by atoms with van der Waals surface area (Å²) in [5, 5.41) is 2.15. The quantitative estimate of drug-likeness (QED) is 0.246. The van der Waals surface area contributed by atoms with Gasteiger partial charge in [-0.2, -0.15) is 0 Å². The fraction of sp³-hybridized carbons (Fsp3) is 0.147. The third-order valence-corrected chi connectivity index (χ3v) is 7.87. The summed E-state index contributed by atoms with van der Waals surface area (Å²) in [6, 6.07) is 41.2. The van der Waals surface area contributed by atoms with Gasteiger partial charge in [-0.15, -0.1) is 0 Å². The Morgan fingerprint density at radius 1 is 0.658 bits per heavy atom. The van der Waals surface area contributed by atoms with Gasteiger partial charge < -0.3 is 14.2 Å². The van der Waals surface area contributed by atoms with Crippen molar-refractivity contribution in [2.45, 2.75) is 32.1 Å². The number of pyridine rings is 1. The summed E-state index contributed by atoms with van der Waals surface area (Å²) in [5.74, 6) is 0. The molecule has 6 aromatic rings. The first kappa shape index (κ1) is 22.6. The van der Waals surface area contributed by atoms with Gasteiger partial charge in [0.25, 0.3) is 0 Å². The smallest absolute Gasteiger partial charge is 0.227 e. The monoisotopic (exact) mass is 495 g/mol. The maximum atomic E-state index is 6.52. The van der Waals surface area contributed by atoms with Crippen molar-refractivity contribution < 1.29 is 4.42 Å². The molecule has 3 atom stereocenters. The van der Waals surface area contributed by atoms with E-state index in [1.165, 1.54) is 22.4 Å². The standard InChI is InChI=1S/C34H29N3O/c1-23-20-21-28-29-19-12-22-35-33(29)38-32(28)30(23)36-24(2)31(25-13-6-3-7-14-25)37(27-17-10-5-11-18-27)34(36)26-15-8-4-9-16-26/h3-22,24,31,34H,1-2H3/t24-,31?,34?/m0/s1. The summed E-state index contributed by atoms with van der Waals surface area (Å²) in [5.41, 5.74) is 7.62. The van der Waals surface area contributed by atoms with Crippen LogP contribution < -0.4 is 9.80 Å². The first-order chi connectivity index (χ1) is 18.7. The highest BCUT2D eigenvalue weighted by Crippen LogP contribution is 2.52. The molecule has 38 heavy (non-hydrogen) atoms. The molecule has 0 N–H and O–H groups in total. The maximum Gasteiger partial charge on any atom is 0.227 e. The van der Waals surface area contributed by atoms with Crippen LogP contribution in [0.2, 0.25) is 0 Å². The molecule has 3 heterocycles. The van der Waals surface area contributed by atoms with Crippen molar-refractivity contribution in [1.29, 1.82) is 0 Å². The second kappa shape index (κ2) is 9.07. The number of aryl methyl sites for hydroxylation is 1. The van der Waals surface area contributed by atoms with Crippen molar-refractivity contribution in [3.05, 3.63) is 138 Å². The number of para-hydroxylation sites is 1. The SMILES string of the molecule is Cc1ccc2c(oc3ncccc32)c1N1C(c2ccccc2)N(c2ccccc2)C(c2ccccc2)[C@@H]1C. The van der Waals surface area contributed by atoms with Gasteiger partial charge in [0, 0.05) is 22.7 Å². The molecule has 0 radical (unpaired) electrons. The molecule has 2 unspecified atom stereocenters. The number of hydrogen-bond acceptors (Lipinski definition) is 4. The molecule has 0 aliphatic carbocycles. The van der Waals surface area contributed by atoms with Gasteiger partial charge in [0.1, 0.15) is 6.17 Å². The van der Waals surface area contributed by atoms with E-state index in [1.807, 2.05) is 6.07 Å². The van der Waals surface area contributed by atoms with Gasteiger partial charge in [-0.25, -0.2) is 4.98 Å². The molecule has 1 aliphatic rings. The molecule has 0 amide bonds. The number of furan rings is 1. The highest BCUT2D eigenvalue weighted by Gasteiger charge is 2.47. The molecule has 1 aliphatic heterocycles. The Morgan fingerprint density at radius 2 is 1.32 bits per heavy atom. The normalized spacial score (nSPS) is 19.5. The summed E-state index contributed by atoms with van der Waals surface area (Å²) in [6.07, 6.45) is 1.76. The minimum absolute atomic E-state index is 0.0377. The molecule has 7 rings (SSSR count). The van der Waals surface area contributed by atoms with E-state index in [4.69, 9.17) is 4.42 Å². The van der Waals surface area contributed by atoms with Gasteiger partial charge in [-0.3, -0.25) is 0 Å². The Hall–Kier alpha value is -4.57. The fourth-order valence-corrected chi connectivity index (χ4v) is 6.24. The van der Waals surface area contributed by atoms with E-state index in [9.17, 15) is 0 Å². The molecular formula is C34H29N3O. The van der Waals surface area contributed by atoms with E-state index in [0.717, 1.165) is 22.0 Å². The third kappa shape index (κ3) is 3.48. The van der Waals surface area contributed by atoms with Crippen LogP contribution in [-0.2, 0) is 0 Å². The summed E-state index contributed by atoms with van der Waals surface area (Å²) in [6.45, 7) is 4.53. The molecule has 4 nitrogen and oxygen atoms in total. The maximum absolute atomic E-state index is 6.52. The van der Waals surface area contributed by atoms with E-state index >= 15 is 0 Å². The van der Waals surface area contributed by atoms with Crippen molar-refractivity contribution in [3.63, 3.8) is 0 Å². The van der Waals surface area contributed by atoms with Crippen LogP contribution in [0.3, 0.4) is 0 Å². The van der Waals surface area contributed by atoms with Gasteiger partial charge in [-0.05, 0) is 54.8 Å². The second-order valence-electron chi connectivity index (χ2n) is 10.1.